The Morgan fingerprint density at radius 1 is 1.33 bits per heavy atom. The molecular formula is C18H26N2O6S. The molecule has 1 amide bonds. The SMILES string of the molecule is CC(C)(C)OCCC(NC(=O)c1ccc2c(c1)CCN2S(C)(=O)=O)C(=O)O. The number of hydrogen-bond donors (Lipinski definition) is 2. The number of anilines is 1. The highest BCUT2D eigenvalue weighted by molar-refractivity contribution is 7.92. The monoisotopic (exact) mass is 398 g/mol. The first-order valence-electron chi connectivity index (χ1n) is 8.67. The second-order valence-corrected chi connectivity index (χ2v) is 9.45. The maximum Gasteiger partial charge on any atom is 0.326 e. The normalized spacial score (nSPS) is 15.3. The lowest BCUT2D eigenvalue weighted by Crippen LogP contribution is -2.42. The summed E-state index contributed by atoms with van der Waals surface area (Å²) in [6, 6.07) is 3.63. The number of aliphatic carboxylic acids is 1. The molecule has 150 valence electrons. The molecule has 0 fully saturated rings. The van der Waals surface area contributed by atoms with Crippen molar-refractivity contribution < 1.29 is 27.9 Å². The fraction of sp³-hybridized carbons (Fsp3) is 0.556. The molecule has 8 nitrogen and oxygen atoms in total. The van der Waals surface area contributed by atoms with Crippen LogP contribution >= 0.6 is 0 Å². The maximum absolute atomic E-state index is 12.5. The lowest BCUT2D eigenvalue weighted by molar-refractivity contribution is -0.140. The van der Waals surface area contributed by atoms with Gasteiger partial charge in [-0.25, -0.2) is 13.2 Å². The van der Waals surface area contributed by atoms with E-state index < -0.39 is 33.5 Å². The zero-order chi connectivity index (χ0) is 20.4. The Bertz CT molecular complexity index is 829. The van der Waals surface area contributed by atoms with Crippen LogP contribution in [0.2, 0.25) is 0 Å². The van der Waals surface area contributed by atoms with Crippen molar-refractivity contribution in [1.82, 2.24) is 5.32 Å². The molecule has 0 radical (unpaired) electrons. The molecule has 1 aliphatic heterocycles. The Balaban J connectivity index is 2.07. The second-order valence-electron chi connectivity index (χ2n) is 7.54. The number of amides is 1. The number of carbonyl (C=O) groups excluding carboxylic acids is 1. The summed E-state index contributed by atoms with van der Waals surface area (Å²) in [5.41, 5.74) is 1.21. The zero-order valence-corrected chi connectivity index (χ0v) is 16.8. The van der Waals surface area contributed by atoms with Gasteiger partial charge in [0.1, 0.15) is 6.04 Å². The van der Waals surface area contributed by atoms with E-state index in [1.807, 2.05) is 20.8 Å². The number of carboxylic acid groups (broad SMARTS) is 1. The number of hydrogen-bond acceptors (Lipinski definition) is 5. The number of nitrogens with zero attached hydrogens (tertiary/aromatic N) is 1. The van der Waals surface area contributed by atoms with Gasteiger partial charge in [-0.05, 0) is 51.0 Å². The fourth-order valence-electron chi connectivity index (χ4n) is 2.84. The third-order valence-electron chi connectivity index (χ3n) is 4.14. The van der Waals surface area contributed by atoms with Gasteiger partial charge in [0.05, 0.1) is 17.5 Å². The van der Waals surface area contributed by atoms with Crippen LogP contribution in [0.3, 0.4) is 0 Å². The summed E-state index contributed by atoms with van der Waals surface area (Å²) in [7, 11) is -3.36. The molecule has 0 saturated heterocycles. The Kier molecular flexibility index (Phi) is 6.16. The average Bonchev–Trinajstić information content (AvgIpc) is 2.95. The van der Waals surface area contributed by atoms with Crippen LogP contribution < -0.4 is 9.62 Å². The van der Waals surface area contributed by atoms with Crippen molar-refractivity contribution in [2.24, 2.45) is 0 Å². The molecule has 0 bridgehead atoms. The molecule has 2 N–H and O–H groups in total. The smallest absolute Gasteiger partial charge is 0.326 e. The van der Waals surface area contributed by atoms with Crippen LogP contribution in [0.15, 0.2) is 18.2 Å². The van der Waals surface area contributed by atoms with Gasteiger partial charge in [0.25, 0.3) is 5.91 Å². The molecule has 0 saturated carbocycles. The quantitative estimate of drug-likeness (QED) is 0.718. The van der Waals surface area contributed by atoms with Gasteiger partial charge < -0.3 is 15.2 Å². The van der Waals surface area contributed by atoms with Crippen molar-refractivity contribution >= 4 is 27.6 Å². The van der Waals surface area contributed by atoms with E-state index >= 15 is 0 Å². The van der Waals surface area contributed by atoms with Crippen LogP contribution in [0.25, 0.3) is 0 Å². The number of carboxylic acids is 1. The molecular weight excluding hydrogens is 372 g/mol. The molecule has 1 aromatic carbocycles. The highest BCUT2D eigenvalue weighted by Gasteiger charge is 2.27. The lowest BCUT2D eigenvalue weighted by Gasteiger charge is -2.21. The van der Waals surface area contributed by atoms with Gasteiger partial charge in [-0.3, -0.25) is 9.10 Å². The minimum Gasteiger partial charge on any atom is -0.480 e. The predicted octanol–water partition coefficient (Wildman–Crippen LogP) is 1.40. The van der Waals surface area contributed by atoms with E-state index in [9.17, 15) is 23.1 Å². The summed E-state index contributed by atoms with van der Waals surface area (Å²) in [5, 5.41) is 11.8. The predicted molar refractivity (Wildman–Crippen MR) is 102 cm³/mol. The van der Waals surface area contributed by atoms with Crippen molar-refractivity contribution in [3.8, 4) is 0 Å². The fourth-order valence-corrected chi connectivity index (χ4v) is 3.80. The number of benzene rings is 1. The van der Waals surface area contributed by atoms with Gasteiger partial charge in [0, 0.05) is 25.1 Å². The molecule has 27 heavy (non-hydrogen) atoms. The summed E-state index contributed by atoms with van der Waals surface area (Å²) < 4.78 is 30.4. The van der Waals surface area contributed by atoms with Crippen LogP contribution in [0.5, 0.6) is 0 Å². The van der Waals surface area contributed by atoms with Crippen molar-refractivity contribution in [2.45, 2.75) is 45.3 Å². The summed E-state index contributed by atoms with van der Waals surface area (Å²) in [6.45, 7) is 6.14. The first-order valence-corrected chi connectivity index (χ1v) is 10.5. The minimum atomic E-state index is -3.36. The Hall–Kier alpha value is -2.13. The third kappa shape index (κ3) is 5.67. The molecule has 0 spiro atoms. The first-order chi connectivity index (χ1) is 12.4. The van der Waals surface area contributed by atoms with E-state index in [0.29, 0.717) is 24.2 Å². The highest BCUT2D eigenvalue weighted by atomic mass is 32.2. The number of rotatable bonds is 7. The van der Waals surface area contributed by atoms with Crippen LogP contribution in [-0.2, 0) is 26.0 Å². The van der Waals surface area contributed by atoms with E-state index in [-0.39, 0.29) is 13.0 Å². The molecule has 1 unspecified atom stereocenters. The number of fused-ring (bicyclic) bond motifs is 1. The van der Waals surface area contributed by atoms with E-state index in [1.54, 1.807) is 12.1 Å². The summed E-state index contributed by atoms with van der Waals surface area (Å²) in [4.78, 5) is 23.9. The zero-order valence-electron chi connectivity index (χ0n) is 16.0. The van der Waals surface area contributed by atoms with Crippen LogP contribution in [0.4, 0.5) is 5.69 Å². The molecule has 1 heterocycles. The molecule has 0 aliphatic carbocycles. The molecule has 1 aromatic rings. The average molecular weight is 398 g/mol. The van der Waals surface area contributed by atoms with Gasteiger partial charge in [-0.2, -0.15) is 0 Å². The molecule has 2 rings (SSSR count). The van der Waals surface area contributed by atoms with Crippen LogP contribution in [-0.4, -0.2) is 56.5 Å². The number of carbonyl (C=O) groups is 2. The number of nitrogens with one attached hydrogen (secondary N) is 1. The van der Waals surface area contributed by atoms with E-state index in [1.165, 1.54) is 10.4 Å². The Morgan fingerprint density at radius 3 is 2.56 bits per heavy atom. The second kappa shape index (κ2) is 7.85. The lowest BCUT2D eigenvalue weighted by atomic mass is 10.1. The Labute approximate surface area is 159 Å². The summed E-state index contributed by atoms with van der Waals surface area (Å²) >= 11 is 0. The van der Waals surface area contributed by atoms with Crippen LogP contribution in [0.1, 0.15) is 43.1 Å². The number of sulfonamides is 1. The van der Waals surface area contributed by atoms with Crippen molar-refractivity contribution in [3.05, 3.63) is 29.3 Å². The minimum absolute atomic E-state index is 0.144. The van der Waals surface area contributed by atoms with Gasteiger partial charge in [-0.1, -0.05) is 0 Å². The van der Waals surface area contributed by atoms with Gasteiger partial charge in [-0.15, -0.1) is 0 Å². The van der Waals surface area contributed by atoms with Gasteiger partial charge in [0.2, 0.25) is 10.0 Å². The number of ether oxygens (including phenoxy) is 1. The Morgan fingerprint density at radius 2 is 2.00 bits per heavy atom. The third-order valence-corrected chi connectivity index (χ3v) is 5.32. The molecule has 9 heteroatoms. The highest BCUT2D eigenvalue weighted by Crippen LogP contribution is 2.30. The largest absolute Gasteiger partial charge is 0.480 e. The molecule has 1 atom stereocenters. The van der Waals surface area contributed by atoms with E-state index in [0.717, 1.165) is 11.8 Å². The molecule has 1 aliphatic rings. The topological polar surface area (TPSA) is 113 Å². The maximum atomic E-state index is 12.5. The van der Waals surface area contributed by atoms with Crippen molar-refractivity contribution in [1.29, 1.82) is 0 Å². The summed E-state index contributed by atoms with van der Waals surface area (Å²) in [5.74, 6) is -1.65. The van der Waals surface area contributed by atoms with Gasteiger partial charge >= 0.3 is 5.97 Å². The standard InChI is InChI=1S/C18H26N2O6S/c1-18(2,3)26-10-8-14(17(22)23)19-16(21)13-5-6-15-12(11-13)7-9-20(15)27(4,24)25/h5-6,11,14H,7-10H2,1-4H3,(H,19,21)(H,22,23). The van der Waals surface area contributed by atoms with E-state index in [4.69, 9.17) is 4.74 Å². The van der Waals surface area contributed by atoms with Crippen molar-refractivity contribution in [2.75, 3.05) is 23.7 Å². The van der Waals surface area contributed by atoms with Crippen LogP contribution in [0, 0.1) is 0 Å². The van der Waals surface area contributed by atoms with E-state index in [2.05, 4.69) is 5.32 Å². The van der Waals surface area contributed by atoms with Gasteiger partial charge in [0.15, 0.2) is 0 Å². The molecule has 0 aromatic heterocycles. The summed E-state index contributed by atoms with van der Waals surface area (Å²) in [6.07, 6.45) is 1.79. The first kappa shape index (κ1) is 21.2. The van der Waals surface area contributed by atoms with Crippen molar-refractivity contribution in [3.63, 3.8) is 0 Å².